The van der Waals surface area contributed by atoms with Crippen molar-refractivity contribution in [2.45, 2.75) is 37.6 Å². The number of piperidine rings is 1. The average molecular weight is 328 g/mol. The van der Waals surface area contributed by atoms with Crippen LogP contribution in [0.25, 0.3) is 0 Å². The maximum absolute atomic E-state index is 13.1. The molecule has 1 saturated heterocycles. The van der Waals surface area contributed by atoms with Gasteiger partial charge in [0.1, 0.15) is 5.82 Å². The minimum atomic E-state index is -3.62. The highest BCUT2D eigenvalue weighted by atomic mass is 32.2. The van der Waals surface area contributed by atoms with Crippen molar-refractivity contribution in [1.29, 1.82) is 0 Å². The number of benzene rings is 1. The first-order chi connectivity index (χ1) is 10.2. The average Bonchev–Trinajstić information content (AvgIpc) is 2.46. The van der Waals surface area contributed by atoms with Crippen molar-refractivity contribution in [3.63, 3.8) is 0 Å². The van der Waals surface area contributed by atoms with E-state index in [1.54, 1.807) is 18.9 Å². The summed E-state index contributed by atoms with van der Waals surface area (Å²) in [5, 5.41) is 0. The maximum Gasteiger partial charge on any atom is 0.243 e. The second-order valence-electron chi connectivity index (χ2n) is 5.68. The molecule has 1 aromatic rings. The quantitative estimate of drug-likeness (QED) is 0.850. The van der Waals surface area contributed by atoms with Gasteiger partial charge in [0, 0.05) is 33.1 Å². The lowest BCUT2D eigenvalue weighted by molar-refractivity contribution is -0.130. The van der Waals surface area contributed by atoms with E-state index in [1.165, 1.54) is 23.4 Å². The number of amides is 1. The van der Waals surface area contributed by atoms with Crippen molar-refractivity contribution in [1.82, 2.24) is 9.21 Å². The largest absolute Gasteiger partial charge is 0.343 e. The van der Waals surface area contributed by atoms with Gasteiger partial charge in [0.15, 0.2) is 0 Å². The molecule has 0 saturated carbocycles. The zero-order valence-electron chi connectivity index (χ0n) is 13.0. The van der Waals surface area contributed by atoms with Crippen LogP contribution in [0.4, 0.5) is 4.39 Å². The SMILES string of the molecule is CC(=O)N(C)C1CCN(S(=O)(=O)c2ccc(F)cc2C)CC1. The Labute approximate surface area is 130 Å². The Morgan fingerprint density at radius 3 is 2.41 bits per heavy atom. The highest BCUT2D eigenvalue weighted by Gasteiger charge is 2.32. The number of hydrogen-bond acceptors (Lipinski definition) is 3. The van der Waals surface area contributed by atoms with Gasteiger partial charge in [-0.25, -0.2) is 12.8 Å². The molecular formula is C15H21FN2O3S. The first kappa shape index (κ1) is 16.9. The van der Waals surface area contributed by atoms with E-state index in [4.69, 9.17) is 0 Å². The molecule has 0 aliphatic carbocycles. The van der Waals surface area contributed by atoms with E-state index in [2.05, 4.69) is 0 Å². The van der Waals surface area contributed by atoms with Gasteiger partial charge in [-0.1, -0.05) is 0 Å². The van der Waals surface area contributed by atoms with Crippen LogP contribution in [-0.2, 0) is 14.8 Å². The lowest BCUT2D eigenvalue weighted by Gasteiger charge is -2.35. The fraction of sp³-hybridized carbons (Fsp3) is 0.533. The van der Waals surface area contributed by atoms with Crippen LogP contribution in [0.15, 0.2) is 23.1 Å². The Bertz CT molecular complexity index is 667. The number of hydrogen-bond donors (Lipinski definition) is 0. The molecule has 0 atom stereocenters. The van der Waals surface area contributed by atoms with E-state index in [9.17, 15) is 17.6 Å². The first-order valence-corrected chi connectivity index (χ1v) is 8.67. The van der Waals surface area contributed by atoms with Gasteiger partial charge in [-0.2, -0.15) is 4.31 Å². The molecule has 1 aromatic carbocycles. The number of aryl methyl sites for hydroxylation is 1. The Morgan fingerprint density at radius 2 is 1.91 bits per heavy atom. The van der Waals surface area contributed by atoms with Crippen LogP contribution >= 0.6 is 0 Å². The Kier molecular flexibility index (Phi) is 4.87. The topological polar surface area (TPSA) is 57.7 Å². The molecule has 0 radical (unpaired) electrons. The van der Waals surface area contributed by atoms with Crippen molar-refractivity contribution < 1.29 is 17.6 Å². The van der Waals surface area contributed by atoms with Crippen LogP contribution < -0.4 is 0 Å². The van der Waals surface area contributed by atoms with Crippen LogP contribution in [0.1, 0.15) is 25.3 Å². The predicted octanol–water partition coefficient (Wildman–Crippen LogP) is 1.77. The molecule has 1 amide bonds. The number of halogens is 1. The first-order valence-electron chi connectivity index (χ1n) is 7.23. The second-order valence-corrected chi connectivity index (χ2v) is 7.58. The molecular weight excluding hydrogens is 307 g/mol. The summed E-state index contributed by atoms with van der Waals surface area (Å²) in [7, 11) is -1.88. The third-order valence-electron chi connectivity index (χ3n) is 4.22. The van der Waals surface area contributed by atoms with Gasteiger partial charge in [0.2, 0.25) is 15.9 Å². The van der Waals surface area contributed by atoms with E-state index in [0.29, 0.717) is 31.5 Å². The maximum atomic E-state index is 13.1. The van der Waals surface area contributed by atoms with Crippen LogP contribution in [0, 0.1) is 12.7 Å². The van der Waals surface area contributed by atoms with Gasteiger partial charge < -0.3 is 4.90 Å². The standard InChI is InChI=1S/C15H21FN2O3S/c1-11-10-13(16)4-5-15(11)22(20,21)18-8-6-14(7-9-18)17(3)12(2)19/h4-5,10,14H,6-9H2,1-3H3. The van der Waals surface area contributed by atoms with E-state index in [-0.39, 0.29) is 16.8 Å². The molecule has 1 heterocycles. The molecule has 1 fully saturated rings. The molecule has 22 heavy (non-hydrogen) atoms. The van der Waals surface area contributed by atoms with Gasteiger partial charge in [0.05, 0.1) is 4.90 Å². The minimum absolute atomic E-state index is 0.0179. The van der Waals surface area contributed by atoms with Gasteiger partial charge in [-0.3, -0.25) is 4.79 Å². The normalized spacial score (nSPS) is 17.5. The molecule has 5 nitrogen and oxygen atoms in total. The molecule has 0 N–H and O–H groups in total. The van der Waals surface area contributed by atoms with E-state index in [1.807, 2.05) is 0 Å². The monoisotopic (exact) mass is 328 g/mol. The number of rotatable bonds is 3. The van der Waals surface area contributed by atoms with Gasteiger partial charge >= 0.3 is 0 Å². The van der Waals surface area contributed by atoms with Crippen LogP contribution in [0.5, 0.6) is 0 Å². The third-order valence-corrected chi connectivity index (χ3v) is 6.28. The van der Waals surface area contributed by atoms with Gasteiger partial charge in [-0.05, 0) is 43.5 Å². The highest BCUT2D eigenvalue weighted by molar-refractivity contribution is 7.89. The van der Waals surface area contributed by atoms with Crippen LogP contribution in [-0.4, -0.2) is 49.7 Å². The predicted molar refractivity (Wildman–Crippen MR) is 81.4 cm³/mol. The summed E-state index contributed by atoms with van der Waals surface area (Å²) < 4.78 is 39.9. The zero-order valence-corrected chi connectivity index (χ0v) is 13.9. The summed E-state index contributed by atoms with van der Waals surface area (Å²) in [6, 6.07) is 3.77. The molecule has 0 aromatic heterocycles. The number of sulfonamides is 1. The lowest BCUT2D eigenvalue weighted by atomic mass is 10.1. The van der Waals surface area contributed by atoms with Crippen LogP contribution in [0.3, 0.4) is 0 Å². The van der Waals surface area contributed by atoms with Crippen molar-refractivity contribution in [2.75, 3.05) is 20.1 Å². The third kappa shape index (κ3) is 3.30. The van der Waals surface area contributed by atoms with Gasteiger partial charge in [0.25, 0.3) is 0 Å². The number of carbonyl (C=O) groups excluding carboxylic acids is 1. The smallest absolute Gasteiger partial charge is 0.243 e. The molecule has 122 valence electrons. The zero-order chi connectivity index (χ0) is 16.5. The molecule has 0 bridgehead atoms. The number of nitrogens with zero attached hydrogens (tertiary/aromatic N) is 2. The second kappa shape index (κ2) is 6.34. The molecule has 2 rings (SSSR count). The van der Waals surface area contributed by atoms with Crippen molar-refractivity contribution >= 4 is 15.9 Å². The Balaban J connectivity index is 2.14. The van der Waals surface area contributed by atoms with E-state index < -0.39 is 15.8 Å². The summed E-state index contributed by atoms with van der Waals surface area (Å²) in [5.41, 5.74) is 0.406. The summed E-state index contributed by atoms with van der Waals surface area (Å²) >= 11 is 0. The molecule has 1 aliphatic heterocycles. The summed E-state index contributed by atoms with van der Waals surface area (Å²) in [6.07, 6.45) is 1.21. The highest BCUT2D eigenvalue weighted by Crippen LogP contribution is 2.25. The molecule has 0 unspecified atom stereocenters. The van der Waals surface area contributed by atoms with Gasteiger partial charge in [-0.15, -0.1) is 0 Å². The van der Waals surface area contributed by atoms with E-state index in [0.717, 1.165) is 6.07 Å². The van der Waals surface area contributed by atoms with Crippen molar-refractivity contribution in [2.24, 2.45) is 0 Å². The van der Waals surface area contributed by atoms with Crippen molar-refractivity contribution in [3.05, 3.63) is 29.6 Å². The van der Waals surface area contributed by atoms with E-state index >= 15 is 0 Å². The van der Waals surface area contributed by atoms with Crippen LogP contribution in [0.2, 0.25) is 0 Å². The minimum Gasteiger partial charge on any atom is -0.343 e. The molecule has 7 heteroatoms. The summed E-state index contributed by atoms with van der Waals surface area (Å²) in [4.78, 5) is 13.2. The summed E-state index contributed by atoms with van der Waals surface area (Å²) in [6.45, 7) is 3.82. The Hall–Kier alpha value is -1.47. The molecule has 0 spiro atoms. The fourth-order valence-electron chi connectivity index (χ4n) is 2.77. The summed E-state index contributed by atoms with van der Waals surface area (Å²) in [5.74, 6) is -0.464. The fourth-order valence-corrected chi connectivity index (χ4v) is 4.44. The Morgan fingerprint density at radius 1 is 1.32 bits per heavy atom. The lowest BCUT2D eigenvalue weighted by Crippen LogP contribution is -2.46. The molecule has 1 aliphatic rings. The van der Waals surface area contributed by atoms with Crippen molar-refractivity contribution in [3.8, 4) is 0 Å². The number of carbonyl (C=O) groups is 1.